The summed E-state index contributed by atoms with van der Waals surface area (Å²) >= 11 is 1.38. The van der Waals surface area contributed by atoms with E-state index < -0.39 is 6.09 Å². The summed E-state index contributed by atoms with van der Waals surface area (Å²) in [6, 6.07) is 0. The van der Waals surface area contributed by atoms with Crippen LogP contribution in [0.2, 0.25) is 0 Å². The van der Waals surface area contributed by atoms with Crippen molar-refractivity contribution >= 4 is 22.6 Å². The van der Waals surface area contributed by atoms with E-state index in [1.54, 1.807) is 13.8 Å². The van der Waals surface area contributed by atoms with E-state index in [1.807, 2.05) is 0 Å². The van der Waals surface area contributed by atoms with Crippen molar-refractivity contribution in [1.82, 2.24) is 10.2 Å². The number of rotatable bonds is 4. The Labute approximate surface area is 99.2 Å². The van der Waals surface area contributed by atoms with Crippen LogP contribution in [0.3, 0.4) is 0 Å². The Hall–Kier alpha value is -1.17. The molecule has 1 aromatic rings. The van der Waals surface area contributed by atoms with E-state index in [1.165, 1.54) is 11.3 Å². The summed E-state index contributed by atoms with van der Waals surface area (Å²) in [6.45, 7) is 7.82. The Morgan fingerprint density at radius 2 is 2.06 bits per heavy atom. The van der Waals surface area contributed by atoms with Crippen LogP contribution < -0.4 is 5.32 Å². The van der Waals surface area contributed by atoms with Gasteiger partial charge in [0.05, 0.1) is 6.10 Å². The first-order valence-corrected chi connectivity index (χ1v) is 6.09. The van der Waals surface area contributed by atoms with Crippen LogP contribution in [0, 0.1) is 5.92 Å². The Bertz CT molecular complexity index is 350. The molecular weight excluding hydrogens is 226 g/mol. The maximum atomic E-state index is 11.3. The Kier molecular flexibility index (Phi) is 4.67. The van der Waals surface area contributed by atoms with Gasteiger partial charge in [-0.2, -0.15) is 0 Å². The van der Waals surface area contributed by atoms with Crippen molar-refractivity contribution in [2.24, 2.45) is 5.92 Å². The largest absolute Gasteiger partial charge is 0.447 e. The van der Waals surface area contributed by atoms with Gasteiger partial charge in [0.25, 0.3) is 0 Å². The first-order chi connectivity index (χ1) is 7.47. The zero-order valence-corrected chi connectivity index (χ0v) is 10.8. The molecule has 1 N–H and O–H groups in total. The molecule has 0 saturated heterocycles. The van der Waals surface area contributed by atoms with Crippen LogP contribution in [-0.2, 0) is 11.2 Å². The molecule has 0 aromatic carbocycles. The van der Waals surface area contributed by atoms with E-state index in [2.05, 4.69) is 29.4 Å². The molecule has 1 amide bonds. The maximum absolute atomic E-state index is 11.3. The summed E-state index contributed by atoms with van der Waals surface area (Å²) < 4.78 is 4.93. The van der Waals surface area contributed by atoms with Gasteiger partial charge in [0.1, 0.15) is 5.01 Å². The monoisotopic (exact) mass is 243 g/mol. The van der Waals surface area contributed by atoms with E-state index in [4.69, 9.17) is 4.74 Å². The summed E-state index contributed by atoms with van der Waals surface area (Å²) in [6.07, 6.45) is 0.253. The lowest BCUT2D eigenvalue weighted by molar-refractivity contribution is 0.130. The van der Waals surface area contributed by atoms with Crippen LogP contribution in [0.4, 0.5) is 9.93 Å². The highest BCUT2D eigenvalue weighted by Crippen LogP contribution is 2.18. The molecule has 1 aromatic heterocycles. The third-order valence-electron chi connectivity index (χ3n) is 1.60. The fourth-order valence-corrected chi connectivity index (χ4v) is 2.00. The molecule has 0 fully saturated rings. The molecular formula is C10H17N3O2S. The lowest BCUT2D eigenvalue weighted by atomic mass is 10.1. The lowest BCUT2D eigenvalue weighted by Crippen LogP contribution is -2.17. The van der Waals surface area contributed by atoms with Gasteiger partial charge < -0.3 is 4.74 Å². The second kappa shape index (κ2) is 5.79. The molecule has 0 radical (unpaired) electrons. The number of hydrogen-bond donors (Lipinski definition) is 1. The van der Waals surface area contributed by atoms with Crippen molar-refractivity contribution in [2.75, 3.05) is 5.32 Å². The minimum absolute atomic E-state index is 0.136. The van der Waals surface area contributed by atoms with Crippen LogP contribution >= 0.6 is 11.3 Å². The molecule has 0 atom stereocenters. The third-order valence-corrected chi connectivity index (χ3v) is 2.46. The number of carbonyl (C=O) groups excluding carboxylic acids is 1. The summed E-state index contributed by atoms with van der Waals surface area (Å²) in [7, 11) is 0. The van der Waals surface area contributed by atoms with Gasteiger partial charge in [-0.3, -0.25) is 5.32 Å². The van der Waals surface area contributed by atoms with Crippen molar-refractivity contribution in [2.45, 2.75) is 40.2 Å². The van der Waals surface area contributed by atoms with Crippen LogP contribution in [-0.4, -0.2) is 22.4 Å². The molecule has 0 aliphatic heterocycles. The van der Waals surface area contributed by atoms with Gasteiger partial charge >= 0.3 is 6.09 Å². The fraction of sp³-hybridized carbons (Fsp3) is 0.700. The zero-order valence-electron chi connectivity index (χ0n) is 9.98. The lowest BCUT2D eigenvalue weighted by Gasteiger charge is -2.06. The van der Waals surface area contributed by atoms with Crippen molar-refractivity contribution in [3.8, 4) is 0 Å². The van der Waals surface area contributed by atoms with E-state index >= 15 is 0 Å². The molecule has 1 heterocycles. The number of aromatic nitrogens is 2. The second-order valence-corrected chi connectivity index (χ2v) is 5.24. The molecule has 0 saturated carbocycles. The Morgan fingerprint density at radius 1 is 1.38 bits per heavy atom. The molecule has 1 rings (SSSR count). The Balaban J connectivity index is 2.48. The molecule has 16 heavy (non-hydrogen) atoms. The summed E-state index contributed by atoms with van der Waals surface area (Å²) in [5.41, 5.74) is 0. The molecule has 90 valence electrons. The van der Waals surface area contributed by atoms with Crippen molar-refractivity contribution in [1.29, 1.82) is 0 Å². The van der Waals surface area contributed by atoms with Crippen LogP contribution in [0.1, 0.15) is 32.7 Å². The molecule has 0 aliphatic rings. The van der Waals surface area contributed by atoms with Gasteiger partial charge in [-0.05, 0) is 19.8 Å². The Morgan fingerprint density at radius 3 is 2.62 bits per heavy atom. The summed E-state index contributed by atoms with van der Waals surface area (Å²) in [5, 5.41) is 11.8. The number of amides is 1. The average Bonchev–Trinajstić information content (AvgIpc) is 2.49. The first-order valence-electron chi connectivity index (χ1n) is 5.27. The van der Waals surface area contributed by atoms with E-state index in [0.717, 1.165) is 11.4 Å². The zero-order chi connectivity index (χ0) is 12.1. The number of ether oxygens (including phenoxy) is 1. The van der Waals surface area contributed by atoms with E-state index in [0.29, 0.717) is 11.0 Å². The van der Waals surface area contributed by atoms with Crippen LogP contribution in [0.15, 0.2) is 0 Å². The first kappa shape index (κ1) is 12.9. The quantitative estimate of drug-likeness (QED) is 0.883. The molecule has 0 spiro atoms. The highest BCUT2D eigenvalue weighted by molar-refractivity contribution is 7.15. The molecule has 0 unspecified atom stereocenters. The number of hydrogen-bond acceptors (Lipinski definition) is 5. The van der Waals surface area contributed by atoms with Gasteiger partial charge in [0.2, 0.25) is 5.13 Å². The van der Waals surface area contributed by atoms with Gasteiger partial charge in [0, 0.05) is 6.42 Å². The molecule has 0 bridgehead atoms. The van der Waals surface area contributed by atoms with E-state index in [-0.39, 0.29) is 6.10 Å². The van der Waals surface area contributed by atoms with Gasteiger partial charge in [-0.25, -0.2) is 4.79 Å². The molecule has 6 heteroatoms. The number of nitrogens with one attached hydrogen (secondary N) is 1. The van der Waals surface area contributed by atoms with Crippen LogP contribution in [0.25, 0.3) is 0 Å². The van der Waals surface area contributed by atoms with Gasteiger partial charge in [-0.1, -0.05) is 25.2 Å². The topological polar surface area (TPSA) is 64.1 Å². The minimum atomic E-state index is -0.484. The predicted octanol–water partition coefficient (Wildman–Crippen LogP) is 2.69. The molecule has 0 aliphatic carbocycles. The number of carbonyl (C=O) groups is 1. The average molecular weight is 243 g/mol. The van der Waals surface area contributed by atoms with Gasteiger partial charge in [0.15, 0.2) is 0 Å². The smallest absolute Gasteiger partial charge is 0.413 e. The number of anilines is 1. The SMILES string of the molecule is CC(C)Cc1nnc(NC(=O)OC(C)C)s1. The highest BCUT2D eigenvalue weighted by atomic mass is 32.1. The predicted molar refractivity (Wildman–Crippen MR) is 63.7 cm³/mol. The standard InChI is InChI=1S/C10H17N3O2S/c1-6(2)5-8-12-13-9(16-8)11-10(14)15-7(3)4/h6-7H,5H2,1-4H3,(H,11,13,14). The third kappa shape index (κ3) is 4.57. The maximum Gasteiger partial charge on any atom is 0.413 e. The summed E-state index contributed by atoms with van der Waals surface area (Å²) in [5.74, 6) is 0.531. The van der Waals surface area contributed by atoms with Gasteiger partial charge in [-0.15, -0.1) is 10.2 Å². The summed E-state index contributed by atoms with van der Waals surface area (Å²) in [4.78, 5) is 11.3. The molecule has 5 nitrogen and oxygen atoms in total. The number of nitrogens with zero attached hydrogens (tertiary/aromatic N) is 2. The van der Waals surface area contributed by atoms with Crippen LogP contribution in [0.5, 0.6) is 0 Å². The van der Waals surface area contributed by atoms with Crippen molar-refractivity contribution < 1.29 is 9.53 Å². The van der Waals surface area contributed by atoms with Crippen molar-refractivity contribution in [3.05, 3.63) is 5.01 Å². The fourth-order valence-electron chi connectivity index (χ4n) is 1.07. The van der Waals surface area contributed by atoms with E-state index in [9.17, 15) is 4.79 Å². The highest BCUT2D eigenvalue weighted by Gasteiger charge is 2.10. The minimum Gasteiger partial charge on any atom is -0.447 e. The second-order valence-electron chi connectivity index (χ2n) is 4.18. The van der Waals surface area contributed by atoms with Crippen molar-refractivity contribution in [3.63, 3.8) is 0 Å². The normalized spacial score (nSPS) is 10.9.